The van der Waals surface area contributed by atoms with Crippen LogP contribution in [0.25, 0.3) is 0 Å². The van der Waals surface area contributed by atoms with Crippen molar-refractivity contribution in [2.24, 2.45) is 0 Å². The number of halogens is 5. The first-order chi connectivity index (χ1) is 6.73. The lowest BCUT2D eigenvalue weighted by molar-refractivity contribution is -0.137. The summed E-state index contributed by atoms with van der Waals surface area (Å²) < 4.78 is 49.5. The van der Waals surface area contributed by atoms with Gasteiger partial charge in [-0.1, -0.05) is 0 Å². The van der Waals surface area contributed by atoms with E-state index in [1.54, 1.807) is 0 Å². The predicted molar refractivity (Wildman–Crippen MR) is 49.1 cm³/mol. The van der Waals surface area contributed by atoms with Crippen molar-refractivity contribution in [3.63, 3.8) is 0 Å². The molecule has 0 aliphatic heterocycles. The smallest absolute Gasteiger partial charge is 0.294 e. The Kier molecular flexibility index (Phi) is 3.18. The van der Waals surface area contributed by atoms with Gasteiger partial charge in [0.05, 0.1) is 10.0 Å². The van der Waals surface area contributed by atoms with Crippen LogP contribution < -0.4 is 0 Å². The molecular formula is C9H5BrF4O. The van der Waals surface area contributed by atoms with Gasteiger partial charge in [-0.2, -0.15) is 13.2 Å². The number of carbonyl (C=O) groups is 1. The van der Waals surface area contributed by atoms with Gasteiger partial charge < -0.3 is 0 Å². The topological polar surface area (TPSA) is 17.1 Å². The van der Waals surface area contributed by atoms with E-state index >= 15 is 0 Å². The fourth-order valence-electron chi connectivity index (χ4n) is 1.01. The highest BCUT2D eigenvalue weighted by atomic mass is 79.9. The third-order valence-electron chi connectivity index (χ3n) is 1.73. The summed E-state index contributed by atoms with van der Waals surface area (Å²) in [6.45, 7) is 1.07. The van der Waals surface area contributed by atoms with Gasteiger partial charge in [-0.05, 0) is 35.0 Å². The molecule has 0 bridgehead atoms. The lowest BCUT2D eigenvalue weighted by Crippen LogP contribution is -2.08. The summed E-state index contributed by atoms with van der Waals surface area (Å²) in [6, 6.07) is 0.964. The molecule has 1 rings (SSSR count). The molecule has 0 fully saturated rings. The highest BCUT2D eigenvalue weighted by Crippen LogP contribution is 2.33. The Morgan fingerprint density at radius 1 is 1.33 bits per heavy atom. The number of hydrogen-bond donors (Lipinski definition) is 0. The molecule has 0 aromatic heterocycles. The number of alkyl halides is 3. The maximum Gasteiger partial charge on any atom is 0.416 e. The number of benzene rings is 1. The van der Waals surface area contributed by atoms with E-state index in [1.807, 2.05) is 0 Å². The van der Waals surface area contributed by atoms with Crippen LogP contribution in [-0.4, -0.2) is 5.78 Å². The summed E-state index contributed by atoms with van der Waals surface area (Å²) >= 11 is 2.72. The molecule has 0 aliphatic carbocycles. The molecule has 0 saturated carbocycles. The Bertz CT molecular complexity index is 411. The van der Waals surface area contributed by atoms with Gasteiger partial charge in [0.2, 0.25) is 0 Å². The summed E-state index contributed by atoms with van der Waals surface area (Å²) in [4.78, 5) is 10.9. The Hall–Kier alpha value is -0.910. The molecule has 0 N–H and O–H groups in total. The molecule has 82 valence electrons. The van der Waals surface area contributed by atoms with Crippen molar-refractivity contribution in [3.05, 3.63) is 33.5 Å². The van der Waals surface area contributed by atoms with Crippen LogP contribution in [0.4, 0.5) is 17.6 Å². The molecule has 1 aromatic rings. The lowest BCUT2D eigenvalue weighted by Gasteiger charge is -2.09. The zero-order chi connectivity index (χ0) is 11.8. The molecule has 0 heterocycles. The van der Waals surface area contributed by atoms with Crippen LogP contribution in [0.15, 0.2) is 16.6 Å². The van der Waals surface area contributed by atoms with E-state index in [9.17, 15) is 22.4 Å². The summed E-state index contributed by atoms with van der Waals surface area (Å²) in [5.41, 5.74) is -1.49. The SMILES string of the molecule is CC(=O)c1cc(C(F)(F)F)cc(F)c1Br. The molecular weight excluding hydrogens is 280 g/mol. The summed E-state index contributed by atoms with van der Waals surface area (Å²) in [5.74, 6) is -1.73. The van der Waals surface area contributed by atoms with E-state index < -0.39 is 23.3 Å². The average Bonchev–Trinajstić information content (AvgIpc) is 2.06. The first-order valence-corrected chi connectivity index (χ1v) is 4.60. The number of hydrogen-bond acceptors (Lipinski definition) is 1. The molecule has 0 radical (unpaired) electrons. The zero-order valence-corrected chi connectivity index (χ0v) is 9.04. The molecule has 0 aliphatic rings. The molecule has 1 nitrogen and oxygen atoms in total. The first kappa shape index (κ1) is 12.2. The van der Waals surface area contributed by atoms with E-state index in [1.165, 1.54) is 0 Å². The lowest BCUT2D eigenvalue weighted by atomic mass is 10.1. The Morgan fingerprint density at radius 2 is 1.87 bits per heavy atom. The van der Waals surface area contributed by atoms with E-state index in [0.29, 0.717) is 12.1 Å². The summed E-state index contributed by atoms with van der Waals surface area (Å²) in [7, 11) is 0. The molecule has 0 saturated heterocycles. The summed E-state index contributed by atoms with van der Waals surface area (Å²) in [5, 5.41) is 0. The average molecular weight is 285 g/mol. The van der Waals surface area contributed by atoms with Crippen molar-refractivity contribution in [2.75, 3.05) is 0 Å². The molecule has 0 spiro atoms. The van der Waals surface area contributed by atoms with Crippen LogP contribution in [0.2, 0.25) is 0 Å². The monoisotopic (exact) mass is 284 g/mol. The second kappa shape index (κ2) is 3.92. The second-order valence-corrected chi connectivity index (χ2v) is 3.67. The van der Waals surface area contributed by atoms with Crippen molar-refractivity contribution in [1.82, 2.24) is 0 Å². The quantitative estimate of drug-likeness (QED) is 0.566. The maximum absolute atomic E-state index is 13.0. The van der Waals surface area contributed by atoms with E-state index in [0.717, 1.165) is 6.92 Å². The minimum atomic E-state index is -4.66. The van der Waals surface area contributed by atoms with Crippen LogP contribution >= 0.6 is 15.9 Å². The maximum atomic E-state index is 13.0. The molecule has 15 heavy (non-hydrogen) atoms. The second-order valence-electron chi connectivity index (χ2n) is 2.87. The highest BCUT2D eigenvalue weighted by Gasteiger charge is 2.32. The summed E-state index contributed by atoms with van der Waals surface area (Å²) in [6.07, 6.45) is -4.66. The Morgan fingerprint density at radius 3 is 2.27 bits per heavy atom. The van der Waals surface area contributed by atoms with Crippen molar-refractivity contribution in [3.8, 4) is 0 Å². The largest absolute Gasteiger partial charge is 0.416 e. The van der Waals surface area contributed by atoms with Gasteiger partial charge in [0, 0.05) is 5.56 Å². The third kappa shape index (κ3) is 2.56. The molecule has 0 atom stereocenters. The number of Topliss-reactive ketones (excluding diaryl/α,β-unsaturated/α-hetero) is 1. The van der Waals surface area contributed by atoms with Crippen LogP contribution in [0.3, 0.4) is 0 Å². The van der Waals surface area contributed by atoms with Crippen LogP contribution in [0, 0.1) is 5.82 Å². The molecule has 1 aromatic carbocycles. The first-order valence-electron chi connectivity index (χ1n) is 3.80. The van der Waals surface area contributed by atoms with E-state index in [-0.39, 0.29) is 10.0 Å². The zero-order valence-electron chi connectivity index (χ0n) is 7.45. The molecule has 0 amide bonds. The van der Waals surface area contributed by atoms with Crippen LogP contribution in [0.5, 0.6) is 0 Å². The number of carbonyl (C=O) groups excluding carboxylic acids is 1. The van der Waals surface area contributed by atoms with Crippen LogP contribution in [-0.2, 0) is 6.18 Å². The van der Waals surface area contributed by atoms with Gasteiger partial charge in [-0.25, -0.2) is 4.39 Å². The number of ketones is 1. The van der Waals surface area contributed by atoms with Crippen molar-refractivity contribution in [2.45, 2.75) is 13.1 Å². The minimum Gasteiger partial charge on any atom is -0.294 e. The standard InChI is InChI=1S/C9H5BrF4O/c1-4(15)6-2-5(9(12,13)14)3-7(11)8(6)10/h2-3H,1H3. The third-order valence-corrected chi connectivity index (χ3v) is 2.54. The van der Waals surface area contributed by atoms with E-state index in [4.69, 9.17) is 0 Å². The molecule has 0 unspecified atom stereocenters. The minimum absolute atomic E-state index is 0.247. The molecule has 6 heteroatoms. The fourth-order valence-corrected chi connectivity index (χ4v) is 1.52. The van der Waals surface area contributed by atoms with Gasteiger partial charge in [0.25, 0.3) is 0 Å². The Balaban J connectivity index is 3.43. The predicted octanol–water partition coefficient (Wildman–Crippen LogP) is 3.81. The van der Waals surface area contributed by atoms with Gasteiger partial charge >= 0.3 is 6.18 Å². The van der Waals surface area contributed by atoms with Gasteiger partial charge in [-0.3, -0.25) is 4.79 Å². The van der Waals surface area contributed by atoms with E-state index in [2.05, 4.69) is 15.9 Å². The van der Waals surface area contributed by atoms with Gasteiger partial charge in [-0.15, -0.1) is 0 Å². The number of rotatable bonds is 1. The normalized spacial score (nSPS) is 11.6. The van der Waals surface area contributed by atoms with Crippen LogP contribution in [0.1, 0.15) is 22.8 Å². The fraction of sp³-hybridized carbons (Fsp3) is 0.222. The van der Waals surface area contributed by atoms with Gasteiger partial charge in [0.1, 0.15) is 5.82 Å². The Labute approximate surface area is 91.2 Å². The van der Waals surface area contributed by atoms with Crippen molar-refractivity contribution < 1.29 is 22.4 Å². The van der Waals surface area contributed by atoms with Crippen molar-refractivity contribution >= 4 is 21.7 Å². The van der Waals surface area contributed by atoms with Crippen molar-refractivity contribution in [1.29, 1.82) is 0 Å². The van der Waals surface area contributed by atoms with Gasteiger partial charge in [0.15, 0.2) is 5.78 Å². The highest BCUT2D eigenvalue weighted by molar-refractivity contribution is 9.10.